The lowest BCUT2D eigenvalue weighted by Crippen LogP contribution is -2.43. The predicted molar refractivity (Wildman–Crippen MR) is 116 cm³/mol. The summed E-state index contributed by atoms with van der Waals surface area (Å²) in [7, 11) is 0. The Hall–Kier alpha value is -2.78. The maximum atomic E-state index is 13.4. The predicted octanol–water partition coefficient (Wildman–Crippen LogP) is 6.45. The van der Waals surface area contributed by atoms with E-state index in [1.165, 1.54) is 18.4 Å². The van der Waals surface area contributed by atoms with E-state index in [1.807, 2.05) is 60.7 Å². The van der Waals surface area contributed by atoms with Crippen molar-refractivity contribution < 1.29 is 4.79 Å². The number of fused-ring (bicyclic) bond motifs is 1. The molecule has 1 aliphatic heterocycles. The van der Waals surface area contributed by atoms with Gasteiger partial charge in [0.25, 0.3) is 5.91 Å². The molecule has 3 nitrogen and oxygen atoms in total. The van der Waals surface area contributed by atoms with Crippen molar-refractivity contribution in [1.82, 2.24) is 0 Å². The summed E-state index contributed by atoms with van der Waals surface area (Å²) in [6.07, 6.45) is 3.03. The van der Waals surface area contributed by atoms with Crippen molar-refractivity contribution >= 4 is 28.9 Å². The Bertz CT molecular complexity index is 984. The standard InChI is InChI=1S/C24H23ClN2O/c1-2-3-8-17-13-15-18(16-14-17)27-23(19-9-4-6-11-21(19)25)26-22-12-7-5-10-20(22)24(27)28/h4-7,9-16,23,26H,2-3,8H2,1H3. The fourth-order valence-electron chi connectivity index (χ4n) is 3.64. The van der Waals surface area contributed by atoms with Crippen LogP contribution in [0.1, 0.15) is 47.4 Å². The smallest absolute Gasteiger partial charge is 0.262 e. The third-order valence-corrected chi connectivity index (χ3v) is 5.50. The van der Waals surface area contributed by atoms with Gasteiger partial charge in [-0.25, -0.2) is 0 Å². The number of hydrogen-bond acceptors (Lipinski definition) is 2. The molecule has 0 saturated heterocycles. The van der Waals surface area contributed by atoms with Gasteiger partial charge in [0.05, 0.1) is 5.56 Å². The molecule has 28 heavy (non-hydrogen) atoms. The lowest BCUT2D eigenvalue weighted by atomic mass is 10.0. The van der Waals surface area contributed by atoms with Crippen LogP contribution in [-0.2, 0) is 6.42 Å². The van der Waals surface area contributed by atoms with E-state index in [-0.39, 0.29) is 12.1 Å². The van der Waals surface area contributed by atoms with Gasteiger partial charge in [-0.3, -0.25) is 9.69 Å². The topological polar surface area (TPSA) is 32.3 Å². The van der Waals surface area contributed by atoms with Gasteiger partial charge in [-0.15, -0.1) is 0 Å². The molecule has 4 heteroatoms. The van der Waals surface area contributed by atoms with E-state index in [0.717, 1.165) is 23.4 Å². The number of carbonyl (C=O) groups is 1. The van der Waals surface area contributed by atoms with E-state index in [4.69, 9.17) is 11.6 Å². The number of nitrogens with one attached hydrogen (secondary N) is 1. The first-order valence-electron chi connectivity index (χ1n) is 9.71. The highest BCUT2D eigenvalue weighted by atomic mass is 35.5. The molecule has 4 rings (SSSR count). The summed E-state index contributed by atoms with van der Waals surface area (Å²) in [4.78, 5) is 15.2. The van der Waals surface area contributed by atoms with E-state index >= 15 is 0 Å². The van der Waals surface area contributed by atoms with Crippen LogP contribution in [0, 0.1) is 0 Å². The molecule has 1 unspecified atom stereocenters. The molecule has 0 spiro atoms. The Labute approximate surface area is 171 Å². The second-order valence-electron chi connectivity index (χ2n) is 7.06. The summed E-state index contributed by atoms with van der Waals surface area (Å²) in [5, 5.41) is 4.14. The quantitative estimate of drug-likeness (QED) is 0.542. The minimum Gasteiger partial charge on any atom is -0.360 e. The second kappa shape index (κ2) is 8.07. The summed E-state index contributed by atoms with van der Waals surface area (Å²) in [6, 6.07) is 23.6. The van der Waals surface area contributed by atoms with Crippen LogP contribution in [0.2, 0.25) is 5.02 Å². The van der Waals surface area contributed by atoms with Gasteiger partial charge < -0.3 is 5.32 Å². The highest BCUT2D eigenvalue weighted by molar-refractivity contribution is 6.31. The van der Waals surface area contributed by atoms with Crippen LogP contribution in [0.4, 0.5) is 11.4 Å². The van der Waals surface area contributed by atoms with Crippen molar-refractivity contribution in [2.24, 2.45) is 0 Å². The average molecular weight is 391 g/mol. The van der Waals surface area contributed by atoms with E-state index < -0.39 is 0 Å². The van der Waals surface area contributed by atoms with E-state index in [1.54, 1.807) is 4.90 Å². The highest BCUT2D eigenvalue weighted by Gasteiger charge is 2.34. The van der Waals surface area contributed by atoms with Crippen LogP contribution >= 0.6 is 11.6 Å². The van der Waals surface area contributed by atoms with Crippen molar-refractivity contribution in [3.63, 3.8) is 0 Å². The number of anilines is 2. The monoisotopic (exact) mass is 390 g/mol. The average Bonchev–Trinajstić information content (AvgIpc) is 2.73. The number of unbranched alkanes of at least 4 members (excludes halogenated alkanes) is 1. The SMILES string of the molecule is CCCCc1ccc(N2C(=O)c3ccccc3NC2c2ccccc2Cl)cc1. The van der Waals surface area contributed by atoms with Gasteiger partial charge in [0.2, 0.25) is 0 Å². The molecule has 0 saturated carbocycles. The number of para-hydroxylation sites is 1. The Morgan fingerprint density at radius 1 is 0.964 bits per heavy atom. The first kappa shape index (κ1) is 18.6. The second-order valence-corrected chi connectivity index (χ2v) is 7.47. The van der Waals surface area contributed by atoms with Gasteiger partial charge in [-0.05, 0) is 48.7 Å². The van der Waals surface area contributed by atoms with Gasteiger partial charge in [0.15, 0.2) is 0 Å². The van der Waals surface area contributed by atoms with Crippen molar-refractivity contribution in [3.05, 3.63) is 94.5 Å². The van der Waals surface area contributed by atoms with Crippen LogP contribution in [-0.4, -0.2) is 5.91 Å². The van der Waals surface area contributed by atoms with Gasteiger partial charge in [-0.2, -0.15) is 0 Å². The Morgan fingerprint density at radius 3 is 2.43 bits per heavy atom. The molecular weight excluding hydrogens is 368 g/mol. The van der Waals surface area contributed by atoms with Crippen LogP contribution in [0.5, 0.6) is 0 Å². The third-order valence-electron chi connectivity index (χ3n) is 5.16. The Balaban J connectivity index is 1.77. The highest BCUT2D eigenvalue weighted by Crippen LogP contribution is 2.38. The van der Waals surface area contributed by atoms with Crippen LogP contribution in [0.15, 0.2) is 72.8 Å². The number of rotatable bonds is 5. The maximum Gasteiger partial charge on any atom is 0.262 e. The molecule has 1 amide bonds. The van der Waals surface area contributed by atoms with Crippen LogP contribution < -0.4 is 10.2 Å². The molecular formula is C24H23ClN2O. The molecule has 0 radical (unpaired) electrons. The van der Waals surface area contributed by atoms with Crippen molar-refractivity contribution in [1.29, 1.82) is 0 Å². The minimum absolute atomic E-state index is 0.0272. The van der Waals surface area contributed by atoms with E-state index in [2.05, 4.69) is 24.4 Å². The number of halogens is 1. The minimum atomic E-state index is -0.363. The van der Waals surface area contributed by atoms with Crippen LogP contribution in [0.25, 0.3) is 0 Å². The number of nitrogens with zero attached hydrogens (tertiary/aromatic N) is 1. The Kier molecular flexibility index (Phi) is 5.36. The zero-order valence-electron chi connectivity index (χ0n) is 15.9. The van der Waals surface area contributed by atoms with Gasteiger partial charge in [-0.1, -0.05) is 67.4 Å². The molecule has 142 valence electrons. The summed E-state index contributed by atoms with van der Waals surface area (Å²) in [5.74, 6) is -0.0272. The largest absolute Gasteiger partial charge is 0.360 e. The van der Waals surface area contributed by atoms with E-state index in [9.17, 15) is 4.79 Å². The zero-order valence-corrected chi connectivity index (χ0v) is 16.6. The summed E-state index contributed by atoms with van der Waals surface area (Å²) >= 11 is 6.49. The molecule has 0 aliphatic carbocycles. The van der Waals surface area contributed by atoms with Crippen molar-refractivity contribution in [2.45, 2.75) is 32.4 Å². The molecule has 1 heterocycles. The summed E-state index contributed by atoms with van der Waals surface area (Å²) in [6.45, 7) is 2.19. The van der Waals surface area contributed by atoms with Gasteiger partial charge in [0, 0.05) is 22.0 Å². The lowest BCUT2D eigenvalue weighted by molar-refractivity contribution is 0.0975. The third kappa shape index (κ3) is 3.50. The number of aryl methyl sites for hydroxylation is 1. The molecule has 0 bridgehead atoms. The first-order chi connectivity index (χ1) is 13.7. The molecule has 1 atom stereocenters. The summed E-state index contributed by atoms with van der Waals surface area (Å²) in [5.41, 5.74) is 4.52. The molecule has 1 aliphatic rings. The van der Waals surface area contributed by atoms with Gasteiger partial charge >= 0.3 is 0 Å². The van der Waals surface area contributed by atoms with E-state index in [0.29, 0.717) is 10.6 Å². The number of benzene rings is 3. The van der Waals surface area contributed by atoms with Crippen molar-refractivity contribution in [2.75, 3.05) is 10.2 Å². The normalized spacial score (nSPS) is 15.9. The number of amides is 1. The fourth-order valence-corrected chi connectivity index (χ4v) is 3.88. The number of hydrogen-bond donors (Lipinski definition) is 1. The molecule has 3 aromatic carbocycles. The molecule has 1 N–H and O–H groups in total. The maximum absolute atomic E-state index is 13.4. The molecule has 0 fully saturated rings. The fraction of sp³-hybridized carbons (Fsp3) is 0.208. The van der Waals surface area contributed by atoms with Crippen molar-refractivity contribution in [3.8, 4) is 0 Å². The van der Waals surface area contributed by atoms with Crippen LogP contribution in [0.3, 0.4) is 0 Å². The number of carbonyl (C=O) groups excluding carboxylic acids is 1. The lowest BCUT2D eigenvalue weighted by Gasteiger charge is -2.38. The molecule has 0 aromatic heterocycles. The zero-order chi connectivity index (χ0) is 19.5. The molecule has 3 aromatic rings. The summed E-state index contributed by atoms with van der Waals surface area (Å²) < 4.78 is 0. The first-order valence-corrected chi connectivity index (χ1v) is 10.1. The van der Waals surface area contributed by atoms with Gasteiger partial charge in [0.1, 0.15) is 6.17 Å². The Morgan fingerprint density at radius 2 is 1.68 bits per heavy atom.